The number of ether oxygens (including phenoxy) is 2. The van der Waals surface area contributed by atoms with Crippen molar-refractivity contribution in [3.05, 3.63) is 41.5 Å². The van der Waals surface area contributed by atoms with Gasteiger partial charge in [0.15, 0.2) is 0 Å². The Labute approximate surface area is 120 Å². The van der Waals surface area contributed by atoms with Crippen molar-refractivity contribution in [2.24, 2.45) is 0 Å². The average molecular weight is 277 g/mol. The third kappa shape index (κ3) is 4.34. The molecule has 4 heteroatoms. The predicted octanol–water partition coefficient (Wildman–Crippen LogP) is 1.84. The number of aliphatic hydroxyl groups is 1. The quantitative estimate of drug-likeness (QED) is 0.772. The second-order valence-electron chi connectivity index (χ2n) is 4.95. The van der Waals surface area contributed by atoms with E-state index >= 15 is 0 Å². The van der Waals surface area contributed by atoms with E-state index < -0.39 is 0 Å². The fourth-order valence-electron chi connectivity index (χ4n) is 2.44. The molecule has 1 aliphatic heterocycles. The summed E-state index contributed by atoms with van der Waals surface area (Å²) in [6, 6.07) is 8.01. The van der Waals surface area contributed by atoms with E-state index in [1.54, 1.807) is 7.11 Å². The number of rotatable bonds is 7. The molecule has 0 aliphatic carbocycles. The summed E-state index contributed by atoms with van der Waals surface area (Å²) in [6.45, 7) is 3.92. The Morgan fingerprint density at radius 3 is 2.85 bits per heavy atom. The van der Waals surface area contributed by atoms with Crippen molar-refractivity contribution in [2.75, 3.05) is 40.0 Å². The average Bonchev–Trinajstić information content (AvgIpc) is 2.49. The van der Waals surface area contributed by atoms with E-state index in [0.717, 1.165) is 37.4 Å². The Kier molecular flexibility index (Phi) is 6.05. The number of hydrogen-bond donors (Lipinski definition) is 1. The van der Waals surface area contributed by atoms with Gasteiger partial charge in [0.2, 0.25) is 0 Å². The zero-order chi connectivity index (χ0) is 14.2. The van der Waals surface area contributed by atoms with E-state index in [0.29, 0.717) is 13.2 Å². The second-order valence-corrected chi connectivity index (χ2v) is 4.95. The van der Waals surface area contributed by atoms with E-state index in [9.17, 15) is 5.11 Å². The molecular formula is C16H23NO3. The molecule has 110 valence electrons. The minimum absolute atomic E-state index is 0.156. The molecule has 1 heterocycles. The minimum atomic E-state index is 0.156. The Morgan fingerprint density at radius 2 is 2.15 bits per heavy atom. The van der Waals surface area contributed by atoms with Gasteiger partial charge in [0, 0.05) is 25.2 Å². The molecule has 1 aliphatic rings. The van der Waals surface area contributed by atoms with Crippen LogP contribution in [0.25, 0.3) is 0 Å². The van der Waals surface area contributed by atoms with Crippen LogP contribution in [0.4, 0.5) is 0 Å². The van der Waals surface area contributed by atoms with Gasteiger partial charge < -0.3 is 14.6 Å². The van der Waals surface area contributed by atoms with Crippen LogP contribution >= 0.6 is 0 Å². The van der Waals surface area contributed by atoms with E-state index in [1.807, 2.05) is 18.2 Å². The first-order valence-electron chi connectivity index (χ1n) is 7.04. The normalized spacial score (nSPS) is 15.2. The number of methoxy groups -OCH3 is 1. The molecule has 0 saturated heterocycles. The van der Waals surface area contributed by atoms with Crippen LogP contribution in [-0.4, -0.2) is 50.0 Å². The molecular weight excluding hydrogens is 254 g/mol. The van der Waals surface area contributed by atoms with Gasteiger partial charge in [-0.15, -0.1) is 0 Å². The molecule has 0 fully saturated rings. The molecule has 20 heavy (non-hydrogen) atoms. The first-order valence-corrected chi connectivity index (χ1v) is 7.04. The molecule has 1 N–H and O–H groups in total. The minimum Gasteiger partial charge on any atom is -0.496 e. The fourth-order valence-corrected chi connectivity index (χ4v) is 2.44. The van der Waals surface area contributed by atoms with Crippen molar-refractivity contribution in [1.82, 2.24) is 4.90 Å². The molecule has 0 atom stereocenters. The van der Waals surface area contributed by atoms with Crippen LogP contribution in [0.5, 0.6) is 5.75 Å². The molecule has 0 unspecified atom stereocenters. The molecule has 0 amide bonds. The molecule has 0 saturated carbocycles. The van der Waals surface area contributed by atoms with Gasteiger partial charge in [0.1, 0.15) is 5.75 Å². The van der Waals surface area contributed by atoms with Crippen LogP contribution in [0.3, 0.4) is 0 Å². The zero-order valence-corrected chi connectivity index (χ0v) is 12.0. The topological polar surface area (TPSA) is 41.9 Å². The maximum absolute atomic E-state index is 9.25. The zero-order valence-electron chi connectivity index (χ0n) is 12.0. The summed E-state index contributed by atoms with van der Waals surface area (Å²) in [4.78, 5) is 2.22. The van der Waals surface area contributed by atoms with Crippen molar-refractivity contribution in [1.29, 1.82) is 0 Å². The Hall–Kier alpha value is -1.36. The van der Waals surface area contributed by atoms with E-state index in [4.69, 9.17) is 9.47 Å². The SMILES string of the molecule is COc1ccccc1CN(CCO)CC1=CCCOC1. The van der Waals surface area contributed by atoms with Crippen molar-refractivity contribution >= 4 is 0 Å². The highest BCUT2D eigenvalue weighted by molar-refractivity contribution is 5.33. The Morgan fingerprint density at radius 1 is 1.30 bits per heavy atom. The van der Waals surface area contributed by atoms with Crippen LogP contribution in [0.1, 0.15) is 12.0 Å². The number of nitrogens with zero attached hydrogens (tertiary/aromatic N) is 1. The molecule has 0 radical (unpaired) electrons. The number of aliphatic hydroxyl groups excluding tert-OH is 1. The lowest BCUT2D eigenvalue weighted by Gasteiger charge is -2.25. The van der Waals surface area contributed by atoms with E-state index in [2.05, 4.69) is 17.0 Å². The lowest BCUT2D eigenvalue weighted by molar-refractivity contribution is 0.136. The molecule has 1 aromatic carbocycles. The summed E-state index contributed by atoms with van der Waals surface area (Å²) in [5, 5.41) is 9.25. The third-order valence-electron chi connectivity index (χ3n) is 3.41. The van der Waals surface area contributed by atoms with Crippen molar-refractivity contribution in [3.63, 3.8) is 0 Å². The van der Waals surface area contributed by atoms with Crippen LogP contribution in [0.15, 0.2) is 35.9 Å². The summed E-state index contributed by atoms with van der Waals surface area (Å²) in [5.41, 5.74) is 2.43. The largest absolute Gasteiger partial charge is 0.496 e. The molecule has 1 aromatic rings. The first kappa shape index (κ1) is 15.0. The molecule has 0 bridgehead atoms. The van der Waals surface area contributed by atoms with Gasteiger partial charge >= 0.3 is 0 Å². The molecule has 2 rings (SSSR count). The Balaban J connectivity index is 2.02. The van der Waals surface area contributed by atoms with Gasteiger partial charge in [-0.3, -0.25) is 4.90 Å². The lowest BCUT2D eigenvalue weighted by Crippen LogP contribution is -2.30. The highest BCUT2D eigenvalue weighted by atomic mass is 16.5. The number of para-hydroxylation sites is 1. The summed E-state index contributed by atoms with van der Waals surface area (Å²) >= 11 is 0. The van der Waals surface area contributed by atoms with Gasteiger partial charge in [-0.25, -0.2) is 0 Å². The smallest absolute Gasteiger partial charge is 0.123 e. The summed E-state index contributed by atoms with van der Waals surface area (Å²) in [6.07, 6.45) is 3.23. The van der Waals surface area contributed by atoms with Crippen LogP contribution in [0.2, 0.25) is 0 Å². The van der Waals surface area contributed by atoms with Gasteiger partial charge in [-0.1, -0.05) is 24.3 Å². The van der Waals surface area contributed by atoms with Gasteiger partial charge in [-0.2, -0.15) is 0 Å². The highest BCUT2D eigenvalue weighted by Gasteiger charge is 2.12. The van der Waals surface area contributed by atoms with Crippen LogP contribution in [-0.2, 0) is 11.3 Å². The molecule has 0 aromatic heterocycles. The summed E-state index contributed by atoms with van der Waals surface area (Å²) in [5.74, 6) is 0.893. The summed E-state index contributed by atoms with van der Waals surface area (Å²) in [7, 11) is 1.69. The van der Waals surface area contributed by atoms with Crippen molar-refractivity contribution in [2.45, 2.75) is 13.0 Å². The lowest BCUT2D eigenvalue weighted by atomic mass is 10.1. The predicted molar refractivity (Wildman–Crippen MR) is 78.9 cm³/mol. The van der Waals surface area contributed by atoms with Crippen molar-refractivity contribution in [3.8, 4) is 5.75 Å². The standard InChI is InChI=1S/C16H23NO3/c1-19-16-7-3-2-6-15(16)12-17(8-9-18)11-14-5-4-10-20-13-14/h2-3,5-7,18H,4,8-13H2,1H3. The number of hydrogen-bond acceptors (Lipinski definition) is 4. The highest BCUT2D eigenvalue weighted by Crippen LogP contribution is 2.20. The maximum atomic E-state index is 9.25. The summed E-state index contributed by atoms with van der Waals surface area (Å²) < 4.78 is 10.9. The molecule has 4 nitrogen and oxygen atoms in total. The first-order chi connectivity index (χ1) is 9.83. The molecule has 0 spiro atoms. The van der Waals surface area contributed by atoms with Crippen LogP contribution < -0.4 is 4.74 Å². The maximum Gasteiger partial charge on any atom is 0.123 e. The van der Waals surface area contributed by atoms with E-state index in [1.165, 1.54) is 5.57 Å². The number of benzene rings is 1. The Bertz CT molecular complexity index is 445. The second kappa shape index (κ2) is 8.04. The van der Waals surface area contributed by atoms with E-state index in [-0.39, 0.29) is 6.61 Å². The third-order valence-corrected chi connectivity index (χ3v) is 3.41. The monoisotopic (exact) mass is 277 g/mol. The fraction of sp³-hybridized carbons (Fsp3) is 0.500. The van der Waals surface area contributed by atoms with Gasteiger partial charge in [0.25, 0.3) is 0 Å². The van der Waals surface area contributed by atoms with Gasteiger partial charge in [-0.05, 0) is 18.1 Å². The van der Waals surface area contributed by atoms with Crippen LogP contribution in [0, 0.1) is 0 Å². The van der Waals surface area contributed by atoms with Gasteiger partial charge in [0.05, 0.1) is 26.9 Å². The van der Waals surface area contributed by atoms with Crippen molar-refractivity contribution < 1.29 is 14.6 Å².